The van der Waals surface area contributed by atoms with Crippen molar-refractivity contribution in [1.82, 2.24) is 14.9 Å². The number of anilines is 1. The Morgan fingerprint density at radius 1 is 1.00 bits per heavy atom. The number of carbonyl (C=O) groups excluding carboxylic acids is 3. The Balaban J connectivity index is 1.79. The van der Waals surface area contributed by atoms with Crippen molar-refractivity contribution in [2.24, 2.45) is 0 Å². The third-order valence-corrected chi connectivity index (χ3v) is 5.38. The van der Waals surface area contributed by atoms with Gasteiger partial charge in [-0.1, -0.05) is 12.1 Å². The number of pyridine rings is 1. The zero-order chi connectivity index (χ0) is 22.3. The molecule has 1 N–H and O–H groups in total. The second kappa shape index (κ2) is 7.68. The zero-order valence-electron chi connectivity index (χ0n) is 17.8. The molecule has 3 aromatic rings. The smallest absolute Gasteiger partial charge is 0.318 e. The summed E-state index contributed by atoms with van der Waals surface area (Å²) in [5.41, 5.74) is 6.09. The van der Waals surface area contributed by atoms with E-state index in [1.807, 2.05) is 33.8 Å². The molecule has 4 amide bonds. The number of hydrogen-bond donors (Lipinski definition) is 1. The number of imide groups is 2. The maximum absolute atomic E-state index is 13.1. The third kappa shape index (κ3) is 3.54. The number of nitrogens with one attached hydrogen (secondary N) is 1. The molecule has 2 aromatic heterocycles. The summed E-state index contributed by atoms with van der Waals surface area (Å²) in [5.74, 6) is -1.40. The van der Waals surface area contributed by atoms with Crippen LogP contribution in [0.25, 0.3) is 11.8 Å². The molecule has 0 unspecified atom stereocenters. The van der Waals surface area contributed by atoms with Gasteiger partial charge in [0.1, 0.15) is 5.57 Å². The summed E-state index contributed by atoms with van der Waals surface area (Å²) in [5, 5.41) is 2.24. The molecular formula is C24H22N4O3. The minimum atomic E-state index is -0.791. The van der Waals surface area contributed by atoms with Crippen molar-refractivity contribution in [3.05, 3.63) is 82.4 Å². The Labute approximate surface area is 180 Å². The van der Waals surface area contributed by atoms with E-state index in [-0.39, 0.29) is 5.57 Å². The SMILES string of the molecule is Cc1ccc(C)c(-n2c(C)cc(/C=C3\C(=O)NC(=O)N(c4cccnc4)C3=O)c2C)c1. The summed E-state index contributed by atoms with van der Waals surface area (Å²) in [6.45, 7) is 8.00. The van der Waals surface area contributed by atoms with E-state index in [0.717, 1.165) is 38.7 Å². The molecule has 0 radical (unpaired) electrons. The van der Waals surface area contributed by atoms with Crippen LogP contribution in [0.1, 0.15) is 28.1 Å². The fourth-order valence-corrected chi connectivity index (χ4v) is 3.80. The molecule has 1 aromatic carbocycles. The normalized spacial score (nSPS) is 15.5. The van der Waals surface area contributed by atoms with Gasteiger partial charge in [0.2, 0.25) is 0 Å². The number of benzene rings is 1. The first kappa shape index (κ1) is 20.3. The lowest BCUT2D eigenvalue weighted by atomic mass is 10.1. The number of urea groups is 1. The van der Waals surface area contributed by atoms with E-state index in [2.05, 4.69) is 33.1 Å². The van der Waals surface area contributed by atoms with Crippen molar-refractivity contribution in [1.29, 1.82) is 0 Å². The first-order valence-electron chi connectivity index (χ1n) is 9.86. The van der Waals surface area contributed by atoms with E-state index in [4.69, 9.17) is 0 Å². The summed E-state index contributed by atoms with van der Waals surface area (Å²) in [4.78, 5) is 42.7. The molecule has 31 heavy (non-hydrogen) atoms. The fraction of sp³-hybridized carbons (Fsp3) is 0.167. The maximum atomic E-state index is 13.1. The lowest BCUT2D eigenvalue weighted by Gasteiger charge is -2.26. The van der Waals surface area contributed by atoms with Gasteiger partial charge in [0.25, 0.3) is 11.8 Å². The van der Waals surface area contributed by atoms with Gasteiger partial charge in [0.15, 0.2) is 0 Å². The Morgan fingerprint density at radius 3 is 2.48 bits per heavy atom. The molecule has 7 heteroatoms. The summed E-state index contributed by atoms with van der Waals surface area (Å²) >= 11 is 0. The molecule has 0 saturated carbocycles. The van der Waals surface area contributed by atoms with E-state index in [1.54, 1.807) is 18.3 Å². The second-order valence-corrected chi connectivity index (χ2v) is 7.62. The third-order valence-electron chi connectivity index (χ3n) is 5.38. The minimum absolute atomic E-state index is 0.107. The number of aromatic nitrogens is 2. The van der Waals surface area contributed by atoms with Crippen LogP contribution in [-0.4, -0.2) is 27.4 Å². The molecule has 156 valence electrons. The van der Waals surface area contributed by atoms with Crippen molar-refractivity contribution >= 4 is 29.6 Å². The van der Waals surface area contributed by atoms with E-state index < -0.39 is 17.8 Å². The van der Waals surface area contributed by atoms with Gasteiger partial charge in [-0.15, -0.1) is 0 Å². The first-order chi connectivity index (χ1) is 14.8. The number of barbiturate groups is 1. The highest BCUT2D eigenvalue weighted by atomic mass is 16.2. The Kier molecular flexibility index (Phi) is 5.02. The van der Waals surface area contributed by atoms with E-state index in [0.29, 0.717) is 5.69 Å². The van der Waals surface area contributed by atoms with E-state index >= 15 is 0 Å². The number of aryl methyl sites for hydroxylation is 3. The summed E-state index contributed by atoms with van der Waals surface area (Å²) < 4.78 is 2.10. The Hall–Kier alpha value is -4.00. The molecule has 0 bridgehead atoms. The van der Waals surface area contributed by atoms with Crippen LogP contribution in [0.4, 0.5) is 10.5 Å². The fourth-order valence-electron chi connectivity index (χ4n) is 3.80. The highest BCUT2D eigenvalue weighted by molar-refractivity contribution is 6.39. The van der Waals surface area contributed by atoms with Gasteiger partial charge in [0.05, 0.1) is 11.9 Å². The van der Waals surface area contributed by atoms with Gasteiger partial charge in [-0.2, -0.15) is 0 Å². The van der Waals surface area contributed by atoms with Gasteiger partial charge in [-0.05, 0) is 74.7 Å². The highest BCUT2D eigenvalue weighted by Crippen LogP contribution is 2.27. The van der Waals surface area contributed by atoms with E-state index in [9.17, 15) is 14.4 Å². The van der Waals surface area contributed by atoms with Crippen molar-refractivity contribution in [3.8, 4) is 5.69 Å². The quantitative estimate of drug-likeness (QED) is 0.522. The van der Waals surface area contributed by atoms with Crippen LogP contribution in [0, 0.1) is 27.7 Å². The van der Waals surface area contributed by atoms with Crippen LogP contribution >= 0.6 is 0 Å². The summed E-state index contributed by atoms with van der Waals surface area (Å²) in [6, 6.07) is 10.6. The molecule has 0 spiro atoms. The average molecular weight is 414 g/mol. The van der Waals surface area contributed by atoms with Gasteiger partial charge in [-0.25, -0.2) is 9.69 Å². The molecule has 0 aliphatic carbocycles. The lowest BCUT2D eigenvalue weighted by Crippen LogP contribution is -2.54. The summed E-state index contributed by atoms with van der Waals surface area (Å²) in [6.07, 6.45) is 4.48. The number of carbonyl (C=O) groups is 3. The molecule has 1 aliphatic heterocycles. The number of rotatable bonds is 3. The first-order valence-corrected chi connectivity index (χ1v) is 9.86. The predicted molar refractivity (Wildman–Crippen MR) is 118 cm³/mol. The molecule has 1 fully saturated rings. The molecule has 0 atom stereocenters. The Morgan fingerprint density at radius 2 is 1.77 bits per heavy atom. The van der Waals surface area contributed by atoms with Crippen LogP contribution in [0.15, 0.2) is 54.4 Å². The van der Waals surface area contributed by atoms with E-state index in [1.165, 1.54) is 12.3 Å². The molecular weight excluding hydrogens is 392 g/mol. The maximum Gasteiger partial charge on any atom is 0.336 e. The molecule has 3 heterocycles. The van der Waals surface area contributed by atoms with Gasteiger partial charge in [0, 0.05) is 23.3 Å². The van der Waals surface area contributed by atoms with Gasteiger partial charge >= 0.3 is 6.03 Å². The minimum Gasteiger partial charge on any atom is -0.318 e. The molecule has 1 saturated heterocycles. The largest absolute Gasteiger partial charge is 0.336 e. The number of hydrogen-bond acceptors (Lipinski definition) is 4. The molecule has 1 aliphatic rings. The lowest BCUT2D eigenvalue weighted by molar-refractivity contribution is -0.122. The predicted octanol–water partition coefficient (Wildman–Crippen LogP) is 3.77. The molecule has 4 rings (SSSR count). The zero-order valence-corrected chi connectivity index (χ0v) is 17.8. The van der Waals surface area contributed by atoms with Crippen molar-refractivity contribution in [2.45, 2.75) is 27.7 Å². The second-order valence-electron chi connectivity index (χ2n) is 7.62. The van der Waals surface area contributed by atoms with Crippen molar-refractivity contribution < 1.29 is 14.4 Å². The Bertz CT molecular complexity index is 1260. The van der Waals surface area contributed by atoms with Crippen LogP contribution in [0.5, 0.6) is 0 Å². The highest BCUT2D eigenvalue weighted by Gasteiger charge is 2.37. The average Bonchev–Trinajstić information content (AvgIpc) is 3.00. The van der Waals surface area contributed by atoms with Gasteiger partial charge < -0.3 is 4.57 Å². The van der Waals surface area contributed by atoms with Crippen molar-refractivity contribution in [3.63, 3.8) is 0 Å². The summed E-state index contributed by atoms with van der Waals surface area (Å²) in [7, 11) is 0. The molecule has 7 nitrogen and oxygen atoms in total. The van der Waals surface area contributed by atoms with Crippen LogP contribution in [0.2, 0.25) is 0 Å². The standard InChI is InChI=1S/C24H22N4O3/c1-14-7-8-15(2)21(10-14)27-16(3)11-18(17(27)4)12-20-22(29)26-24(31)28(23(20)30)19-6-5-9-25-13-19/h5-13H,1-4H3,(H,26,29,31)/b20-12+. The topological polar surface area (TPSA) is 84.3 Å². The van der Waals surface area contributed by atoms with Gasteiger partial charge in [-0.3, -0.25) is 19.9 Å². The monoisotopic (exact) mass is 414 g/mol. The number of nitrogens with zero attached hydrogens (tertiary/aromatic N) is 3. The number of amides is 4. The van der Waals surface area contributed by atoms with Crippen LogP contribution in [0.3, 0.4) is 0 Å². The van der Waals surface area contributed by atoms with Crippen LogP contribution < -0.4 is 10.2 Å². The van der Waals surface area contributed by atoms with Crippen LogP contribution in [-0.2, 0) is 9.59 Å². The van der Waals surface area contributed by atoms with Crippen molar-refractivity contribution in [2.75, 3.05) is 4.90 Å².